The summed E-state index contributed by atoms with van der Waals surface area (Å²) in [4.78, 5) is 11.4. The summed E-state index contributed by atoms with van der Waals surface area (Å²) in [6.07, 6.45) is 17.6. The van der Waals surface area contributed by atoms with E-state index in [1.807, 2.05) is 13.2 Å². The van der Waals surface area contributed by atoms with Gasteiger partial charge in [-0.25, -0.2) is 4.98 Å². The standard InChI is InChI=1S/C21H37N5.HI/c1-19-23-14-17-25(19)15-8-7-13-24-20(22-2)26-16-9-12-21(18-26)10-5-3-4-6-11-21;/h14,17H,3-13,15-16,18H2,1-2H3,(H,22,24);1H. The maximum atomic E-state index is 4.59. The third kappa shape index (κ3) is 6.36. The lowest BCUT2D eigenvalue weighted by molar-refractivity contribution is 0.115. The molecule has 1 aromatic heterocycles. The molecule has 2 aliphatic rings. The minimum atomic E-state index is 0. The van der Waals surface area contributed by atoms with Crippen LogP contribution in [-0.2, 0) is 6.54 Å². The van der Waals surface area contributed by atoms with Crippen LogP contribution in [0.25, 0.3) is 0 Å². The minimum absolute atomic E-state index is 0. The largest absolute Gasteiger partial charge is 0.356 e. The molecule has 154 valence electrons. The molecule has 1 aromatic rings. The molecule has 0 unspecified atom stereocenters. The molecule has 0 amide bonds. The summed E-state index contributed by atoms with van der Waals surface area (Å²) in [5, 5.41) is 3.62. The molecule has 3 rings (SSSR count). The van der Waals surface area contributed by atoms with E-state index in [4.69, 9.17) is 0 Å². The van der Waals surface area contributed by atoms with E-state index in [-0.39, 0.29) is 24.0 Å². The number of hydrogen-bond acceptors (Lipinski definition) is 2. The second kappa shape index (κ2) is 11.3. The number of halogens is 1. The average Bonchev–Trinajstić information content (AvgIpc) is 2.93. The summed E-state index contributed by atoms with van der Waals surface area (Å²) < 4.78 is 2.23. The molecule has 0 aromatic carbocycles. The lowest BCUT2D eigenvalue weighted by atomic mass is 9.74. The number of likely N-dealkylation sites (tertiary alicyclic amines) is 1. The van der Waals surface area contributed by atoms with Crippen molar-refractivity contribution in [2.24, 2.45) is 10.4 Å². The van der Waals surface area contributed by atoms with Crippen LogP contribution >= 0.6 is 24.0 Å². The zero-order chi connectivity index (χ0) is 18.2. The van der Waals surface area contributed by atoms with E-state index in [0.717, 1.165) is 37.8 Å². The van der Waals surface area contributed by atoms with Gasteiger partial charge >= 0.3 is 0 Å². The molecule has 2 heterocycles. The average molecular weight is 487 g/mol. The van der Waals surface area contributed by atoms with Crippen LogP contribution in [0.5, 0.6) is 0 Å². The van der Waals surface area contributed by atoms with Gasteiger partial charge in [0, 0.05) is 45.6 Å². The zero-order valence-corrected chi connectivity index (χ0v) is 19.6. The van der Waals surface area contributed by atoms with Gasteiger partial charge in [0.1, 0.15) is 5.82 Å². The maximum Gasteiger partial charge on any atom is 0.193 e. The summed E-state index contributed by atoms with van der Waals surface area (Å²) in [5.41, 5.74) is 0.561. The van der Waals surface area contributed by atoms with E-state index < -0.39 is 0 Å². The van der Waals surface area contributed by atoms with Gasteiger partial charge in [-0.05, 0) is 50.9 Å². The van der Waals surface area contributed by atoms with E-state index in [1.165, 1.54) is 64.3 Å². The van der Waals surface area contributed by atoms with Crippen LogP contribution in [0.1, 0.15) is 70.0 Å². The number of rotatable bonds is 5. The van der Waals surface area contributed by atoms with Crippen LogP contribution in [0, 0.1) is 12.3 Å². The number of unbranched alkanes of at least 4 members (excludes halogenated alkanes) is 1. The number of hydrogen-bond donors (Lipinski definition) is 1. The van der Waals surface area contributed by atoms with Crippen molar-refractivity contribution >= 4 is 29.9 Å². The molecule has 0 radical (unpaired) electrons. The van der Waals surface area contributed by atoms with Crippen LogP contribution in [0.3, 0.4) is 0 Å². The normalized spacial score (nSPS) is 20.2. The summed E-state index contributed by atoms with van der Waals surface area (Å²) in [6.45, 7) is 6.50. The van der Waals surface area contributed by atoms with Crippen LogP contribution < -0.4 is 5.32 Å². The van der Waals surface area contributed by atoms with Crippen molar-refractivity contribution in [3.63, 3.8) is 0 Å². The Morgan fingerprint density at radius 1 is 1.15 bits per heavy atom. The Balaban J connectivity index is 0.00000261. The number of nitrogens with one attached hydrogen (secondary N) is 1. The van der Waals surface area contributed by atoms with Gasteiger partial charge in [0.2, 0.25) is 0 Å². The smallest absolute Gasteiger partial charge is 0.193 e. The predicted molar refractivity (Wildman–Crippen MR) is 124 cm³/mol. The summed E-state index contributed by atoms with van der Waals surface area (Å²) in [5.74, 6) is 2.22. The predicted octanol–water partition coefficient (Wildman–Crippen LogP) is 4.60. The Labute approximate surface area is 182 Å². The van der Waals surface area contributed by atoms with Gasteiger partial charge in [0.15, 0.2) is 5.96 Å². The van der Waals surface area contributed by atoms with Gasteiger partial charge in [0.25, 0.3) is 0 Å². The summed E-state index contributed by atoms with van der Waals surface area (Å²) in [6, 6.07) is 0. The van der Waals surface area contributed by atoms with Crippen LogP contribution in [0.4, 0.5) is 0 Å². The third-order valence-corrected chi connectivity index (χ3v) is 6.37. The van der Waals surface area contributed by atoms with E-state index in [2.05, 4.69) is 37.9 Å². The molecule has 6 heteroatoms. The number of piperidine rings is 1. The third-order valence-electron chi connectivity index (χ3n) is 6.37. The number of aryl methyl sites for hydroxylation is 2. The van der Waals surface area contributed by atoms with Crippen molar-refractivity contribution in [3.05, 3.63) is 18.2 Å². The van der Waals surface area contributed by atoms with E-state index in [9.17, 15) is 0 Å². The molecule has 1 saturated heterocycles. The Kier molecular flexibility index (Phi) is 9.39. The van der Waals surface area contributed by atoms with E-state index in [1.54, 1.807) is 0 Å². The highest BCUT2D eigenvalue weighted by molar-refractivity contribution is 14.0. The van der Waals surface area contributed by atoms with Crippen molar-refractivity contribution in [1.82, 2.24) is 19.8 Å². The number of aliphatic imine (C=N–C) groups is 1. The molecule has 0 atom stereocenters. The van der Waals surface area contributed by atoms with Crippen LogP contribution in [0.2, 0.25) is 0 Å². The molecule has 1 aliphatic heterocycles. The van der Waals surface area contributed by atoms with Crippen molar-refractivity contribution in [3.8, 4) is 0 Å². The molecule has 1 saturated carbocycles. The van der Waals surface area contributed by atoms with Crippen LogP contribution in [-0.4, -0.2) is 47.1 Å². The first-order valence-corrected chi connectivity index (χ1v) is 10.7. The van der Waals surface area contributed by atoms with Gasteiger partial charge in [-0.2, -0.15) is 0 Å². The molecular formula is C21H38IN5. The van der Waals surface area contributed by atoms with Gasteiger partial charge in [-0.3, -0.25) is 4.99 Å². The molecule has 1 spiro atoms. The second-order valence-corrected chi connectivity index (χ2v) is 8.29. The van der Waals surface area contributed by atoms with Crippen LogP contribution in [0.15, 0.2) is 17.4 Å². The first-order chi connectivity index (χ1) is 12.7. The van der Waals surface area contributed by atoms with Gasteiger partial charge in [-0.15, -0.1) is 24.0 Å². The molecule has 1 N–H and O–H groups in total. The first-order valence-electron chi connectivity index (χ1n) is 10.7. The van der Waals surface area contributed by atoms with Crippen molar-refractivity contribution in [2.75, 3.05) is 26.7 Å². The maximum absolute atomic E-state index is 4.59. The van der Waals surface area contributed by atoms with E-state index in [0.29, 0.717) is 5.41 Å². The number of guanidine groups is 1. The number of imidazole rings is 1. The molecule has 2 fully saturated rings. The molecule has 1 aliphatic carbocycles. The van der Waals surface area contributed by atoms with Crippen molar-refractivity contribution < 1.29 is 0 Å². The molecule has 27 heavy (non-hydrogen) atoms. The Morgan fingerprint density at radius 3 is 2.56 bits per heavy atom. The highest BCUT2D eigenvalue weighted by Gasteiger charge is 2.36. The molecule has 5 nitrogen and oxygen atoms in total. The number of nitrogens with zero attached hydrogens (tertiary/aromatic N) is 4. The van der Waals surface area contributed by atoms with Crippen molar-refractivity contribution in [1.29, 1.82) is 0 Å². The fourth-order valence-corrected chi connectivity index (χ4v) is 4.86. The Bertz CT molecular complexity index is 575. The second-order valence-electron chi connectivity index (χ2n) is 8.29. The molecule has 0 bridgehead atoms. The van der Waals surface area contributed by atoms with Gasteiger partial charge in [0.05, 0.1) is 0 Å². The highest BCUT2D eigenvalue weighted by Crippen LogP contribution is 2.42. The Morgan fingerprint density at radius 2 is 1.89 bits per heavy atom. The fourth-order valence-electron chi connectivity index (χ4n) is 4.86. The lowest BCUT2D eigenvalue weighted by Crippen LogP contribution is -2.50. The zero-order valence-electron chi connectivity index (χ0n) is 17.3. The van der Waals surface area contributed by atoms with E-state index >= 15 is 0 Å². The highest BCUT2D eigenvalue weighted by atomic mass is 127. The summed E-state index contributed by atoms with van der Waals surface area (Å²) in [7, 11) is 1.94. The SMILES string of the molecule is CN=C(NCCCCn1ccnc1C)N1CCCC2(CCCCCC2)C1.I. The molecular weight excluding hydrogens is 449 g/mol. The van der Waals surface area contributed by atoms with Gasteiger partial charge < -0.3 is 14.8 Å². The minimum Gasteiger partial charge on any atom is -0.356 e. The monoisotopic (exact) mass is 487 g/mol. The summed E-state index contributed by atoms with van der Waals surface area (Å²) >= 11 is 0. The number of aromatic nitrogens is 2. The topological polar surface area (TPSA) is 45.5 Å². The fraction of sp³-hybridized carbons (Fsp3) is 0.810. The quantitative estimate of drug-likeness (QED) is 0.286. The Hall–Kier alpha value is -0.790. The lowest BCUT2D eigenvalue weighted by Gasteiger charge is -2.44. The van der Waals surface area contributed by atoms with Crippen molar-refractivity contribution in [2.45, 2.75) is 77.7 Å². The van der Waals surface area contributed by atoms with Gasteiger partial charge in [-0.1, -0.05) is 25.7 Å². The first kappa shape index (κ1) is 22.5.